The van der Waals surface area contributed by atoms with Gasteiger partial charge in [-0.05, 0) is 84.3 Å². The second kappa shape index (κ2) is 14.0. The minimum absolute atomic E-state index is 0. The molecule has 4 nitrogen and oxygen atoms in total. The van der Waals surface area contributed by atoms with Gasteiger partial charge in [-0.3, -0.25) is 4.98 Å². The Bertz CT molecular complexity index is 2560. The van der Waals surface area contributed by atoms with Crippen LogP contribution in [0, 0.1) is 32.9 Å². The van der Waals surface area contributed by atoms with Gasteiger partial charge in [0.25, 0.3) is 0 Å². The number of hydrogen-bond acceptors (Lipinski definition) is 4. The van der Waals surface area contributed by atoms with Crippen LogP contribution in [0.4, 0.5) is 0 Å². The van der Waals surface area contributed by atoms with E-state index in [9.17, 15) is 0 Å². The average molecular weight is 866 g/mol. The third-order valence-corrected chi connectivity index (χ3v) is 9.98. The van der Waals surface area contributed by atoms with Crippen LogP contribution in [0.3, 0.4) is 0 Å². The first-order chi connectivity index (χ1) is 25.5. The maximum Gasteiger partial charge on any atom is 2.00 e. The van der Waals surface area contributed by atoms with Crippen molar-refractivity contribution in [1.82, 2.24) is 9.97 Å². The summed E-state index contributed by atoms with van der Waals surface area (Å²) in [6.45, 7) is 6.47. The molecule has 0 unspecified atom stereocenters. The molecule has 0 spiro atoms. The van der Waals surface area contributed by atoms with Gasteiger partial charge in [-0.1, -0.05) is 102 Å². The van der Waals surface area contributed by atoms with Crippen molar-refractivity contribution in [3.63, 3.8) is 0 Å². The van der Waals surface area contributed by atoms with Crippen LogP contribution in [-0.4, -0.2) is 9.97 Å². The maximum absolute atomic E-state index is 6.82. The summed E-state index contributed by atoms with van der Waals surface area (Å²) in [5.41, 5.74) is 10.5. The first-order valence-corrected chi connectivity index (χ1v) is 17.5. The van der Waals surface area contributed by atoms with Gasteiger partial charge < -0.3 is 14.5 Å². The van der Waals surface area contributed by atoms with Gasteiger partial charge in [0.2, 0.25) is 0 Å². The molecule has 53 heavy (non-hydrogen) atoms. The second-order valence-corrected chi connectivity index (χ2v) is 13.4. The molecule has 6 aromatic carbocycles. The molecule has 5 heteroatoms. The summed E-state index contributed by atoms with van der Waals surface area (Å²) in [7, 11) is 0. The Morgan fingerprint density at radius 3 is 2.04 bits per heavy atom. The van der Waals surface area contributed by atoms with Crippen LogP contribution in [0.5, 0.6) is 23.0 Å². The number of pyridine rings is 2. The summed E-state index contributed by atoms with van der Waals surface area (Å²) in [5, 5.41) is 2.18. The Hall–Kier alpha value is -5.83. The molecule has 0 fully saturated rings. The van der Waals surface area contributed by atoms with Crippen molar-refractivity contribution < 1.29 is 30.5 Å². The van der Waals surface area contributed by atoms with E-state index in [2.05, 4.69) is 99.6 Å². The topological polar surface area (TPSA) is 44.2 Å². The van der Waals surface area contributed by atoms with Crippen LogP contribution in [-0.2, 0) is 26.5 Å². The first kappa shape index (κ1) is 34.3. The van der Waals surface area contributed by atoms with Gasteiger partial charge in [0.1, 0.15) is 11.5 Å². The largest absolute Gasteiger partial charge is 2.00 e. The molecule has 0 saturated heterocycles. The Morgan fingerprint density at radius 2 is 1.30 bits per heavy atom. The number of ether oxygens (including phenoxy) is 2. The second-order valence-electron chi connectivity index (χ2n) is 13.4. The molecule has 1 aliphatic heterocycles. The average Bonchev–Trinajstić information content (AvgIpc) is 3.17. The molecule has 2 aromatic heterocycles. The van der Waals surface area contributed by atoms with Crippen LogP contribution in [0.2, 0.25) is 0 Å². The van der Waals surface area contributed by atoms with Crippen LogP contribution in [0.25, 0.3) is 33.2 Å². The minimum atomic E-state index is -0.814. The molecule has 0 radical (unpaired) electrons. The SMILES string of the molecule is Cc1cc(C)c(-c2cc(Oc3[c-]c(C4(c5ccccn5)c5ccccc5Oc5ccccc54)ccc3)[c-]c(-c3nccc4ccccc34)c2)c(C)c1.[Pt+2]. The predicted molar refractivity (Wildman–Crippen MR) is 207 cm³/mol. The van der Waals surface area contributed by atoms with Crippen molar-refractivity contribution in [3.8, 4) is 45.4 Å². The van der Waals surface area contributed by atoms with Gasteiger partial charge in [0, 0.05) is 35.0 Å². The third kappa shape index (κ3) is 5.94. The van der Waals surface area contributed by atoms with Crippen molar-refractivity contribution in [3.05, 3.63) is 203 Å². The van der Waals surface area contributed by atoms with Gasteiger partial charge >= 0.3 is 21.1 Å². The van der Waals surface area contributed by atoms with E-state index in [1.54, 1.807) is 0 Å². The number of para-hydroxylation sites is 2. The molecular weight excluding hydrogens is 832 g/mol. The number of aryl methyl sites for hydroxylation is 3. The van der Waals surface area contributed by atoms with E-state index in [1.165, 1.54) is 22.3 Å². The molecule has 0 amide bonds. The maximum atomic E-state index is 6.82. The first-order valence-electron chi connectivity index (χ1n) is 17.5. The summed E-state index contributed by atoms with van der Waals surface area (Å²) < 4.78 is 13.3. The van der Waals surface area contributed by atoms with Crippen molar-refractivity contribution in [2.24, 2.45) is 0 Å². The smallest absolute Gasteiger partial charge is 0.503 e. The Morgan fingerprint density at radius 1 is 0.604 bits per heavy atom. The van der Waals surface area contributed by atoms with Crippen LogP contribution >= 0.6 is 0 Å². The van der Waals surface area contributed by atoms with Gasteiger partial charge in [0.15, 0.2) is 0 Å². The standard InChI is InChI=1S/C48H34N2O2.Pt/c1-31-25-32(2)46(33(3)26-31)35-27-36(47-40-16-5-4-13-34(40)22-24-50-47)29-39(28-35)51-38-15-12-14-37(30-38)48(45-21-10-11-23-49-45)41-17-6-8-19-43(41)52-44-20-9-7-18-42(44)48;/h4-28H,1-3H3;/q-2;+2. The van der Waals surface area contributed by atoms with E-state index >= 15 is 0 Å². The van der Waals surface area contributed by atoms with E-state index in [0.29, 0.717) is 11.5 Å². The minimum Gasteiger partial charge on any atom is -0.503 e. The van der Waals surface area contributed by atoms with E-state index < -0.39 is 5.41 Å². The number of rotatable bonds is 6. The monoisotopic (exact) mass is 865 g/mol. The zero-order chi connectivity index (χ0) is 35.2. The van der Waals surface area contributed by atoms with Crippen LogP contribution in [0.15, 0.2) is 152 Å². The third-order valence-electron chi connectivity index (χ3n) is 9.98. The molecule has 0 atom stereocenters. The van der Waals surface area contributed by atoms with E-state index in [1.807, 2.05) is 85.2 Å². The normalized spacial score (nSPS) is 12.6. The fourth-order valence-corrected chi connectivity index (χ4v) is 7.97. The van der Waals surface area contributed by atoms with Gasteiger partial charge in [-0.25, -0.2) is 0 Å². The van der Waals surface area contributed by atoms with Crippen molar-refractivity contribution in [2.45, 2.75) is 26.2 Å². The molecule has 0 N–H and O–H groups in total. The molecule has 0 bridgehead atoms. The van der Waals surface area contributed by atoms with Crippen molar-refractivity contribution >= 4 is 10.8 Å². The number of aromatic nitrogens is 2. The molecule has 8 aromatic rings. The number of hydrogen-bond donors (Lipinski definition) is 0. The van der Waals surface area contributed by atoms with Crippen LogP contribution in [0.1, 0.15) is 39.1 Å². The van der Waals surface area contributed by atoms with E-state index in [-0.39, 0.29) is 21.1 Å². The van der Waals surface area contributed by atoms with Gasteiger partial charge in [-0.2, -0.15) is 12.1 Å². The molecule has 1 aliphatic rings. The predicted octanol–water partition coefficient (Wildman–Crippen LogP) is 11.8. The Labute approximate surface area is 324 Å². The molecule has 3 heterocycles. The van der Waals surface area contributed by atoms with Crippen molar-refractivity contribution in [1.29, 1.82) is 0 Å². The van der Waals surface area contributed by atoms with E-state index in [0.717, 1.165) is 61.5 Å². The summed E-state index contributed by atoms with van der Waals surface area (Å²) in [6.07, 6.45) is 3.70. The molecule has 0 aliphatic carbocycles. The zero-order valence-corrected chi connectivity index (χ0v) is 31.7. The Balaban J connectivity index is 0.00000400. The summed E-state index contributed by atoms with van der Waals surface area (Å²) in [4.78, 5) is 9.84. The molecule has 258 valence electrons. The molecular formula is C48H34N2O2Pt. The van der Waals surface area contributed by atoms with Crippen LogP contribution < -0.4 is 9.47 Å². The number of fused-ring (bicyclic) bond motifs is 3. The Kier molecular flexibility index (Phi) is 9.02. The van der Waals surface area contributed by atoms with Gasteiger partial charge in [0.05, 0.1) is 11.1 Å². The fourth-order valence-electron chi connectivity index (χ4n) is 7.97. The quantitative estimate of drug-likeness (QED) is 0.156. The summed E-state index contributed by atoms with van der Waals surface area (Å²) >= 11 is 0. The van der Waals surface area contributed by atoms with E-state index in [4.69, 9.17) is 19.4 Å². The van der Waals surface area contributed by atoms with Crippen molar-refractivity contribution in [2.75, 3.05) is 0 Å². The summed E-state index contributed by atoms with van der Waals surface area (Å²) in [5.74, 6) is 2.71. The summed E-state index contributed by atoms with van der Waals surface area (Å²) in [6, 6.07) is 54.9. The number of benzene rings is 6. The van der Waals surface area contributed by atoms with Gasteiger partial charge in [-0.15, -0.1) is 29.3 Å². The number of nitrogens with zero attached hydrogens (tertiary/aromatic N) is 2. The molecule has 0 saturated carbocycles. The fraction of sp³-hybridized carbons (Fsp3) is 0.0833. The zero-order valence-electron chi connectivity index (χ0n) is 29.5. The molecule has 9 rings (SSSR count).